The summed E-state index contributed by atoms with van der Waals surface area (Å²) in [7, 11) is 1.44. The first-order valence-corrected chi connectivity index (χ1v) is 9.56. The molecule has 6 heteroatoms. The van der Waals surface area contributed by atoms with Crippen LogP contribution in [0.1, 0.15) is 22.9 Å². The highest BCUT2D eigenvalue weighted by Gasteiger charge is 2.22. The Kier molecular flexibility index (Phi) is 5.06. The molecule has 2 aromatic carbocycles. The predicted octanol–water partition coefficient (Wildman–Crippen LogP) is 3.26. The van der Waals surface area contributed by atoms with E-state index in [1.165, 1.54) is 23.9 Å². The highest BCUT2D eigenvalue weighted by molar-refractivity contribution is 5.64. The van der Waals surface area contributed by atoms with Gasteiger partial charge in [0, 0.05) is 18.9 Å². The number of nitrogens with zero attached hydrogens (tertiary/aromatic N) is 3. The molecule has 150 valence electrons. The van der Waals surface area contributed by atoms with E-state index in [0.717, 1.165) is 15.7 Å². The number of hydrogen-bond donors (Lipinski definition) is 1. The molecule has 0 aliphatic carbocycles. The van der Waals surface area contributed by atoms with E-state index in [1.807, 2.05) is 60.7 Å². The van der Waals surface area contributed by atoms with Crippen LogP contribution in [0.3, 0.4) is 0 Å². The van der Waals surface area contributed by atoms with Crippen LogP contribution in [-0.4, -0.2) is 19.2 Å². The van der Waals surface area contributed by atoms with Crippen molar-refractivity contribution >= 4 is 0 Å². The maximum absolute atomic E-state index is 13.2. The average molecular weight is 399 g/mol. The van der Waals surface area contributed by atoms with Gasteiger partial charge in [-0.3, -0.25) is 13.9 Å². The molecule has 0 aliphatic rings. The summed E-state index contributed by atoms with van der Waals surface area (Å²) in [5, 5.41) is 10.3. The third-order valence-electron chi connectivity index (χ3n) is 5.09. The van der Waals surface area contributed by atoms with E-state index in [1.54, 1.807) is 13.0 Å². The third-order valence-corrected chi connectivity index (χ3v) is 5.09. The molecule has 2 aromatic heterocycles. The van der Waals surface area contributed by atoms with Gasteiger partial charge in [0.05, 0.1) is 11.6 Å². The van der Waals surface area contributed by atoms with Gasteiger partial charge in [0.1, 0.15) is 11.4 Å². The van der Waals surface area contributed by atoms with E-state index in [-0.39, 0.29) is 17.0 Å². The van der Waals surface area contributed by atoms with E-state index >= 15 is 0 Å². The summed E-state index contributed by atoms with van der Waals surface area (Å²) in [6.45, 7) is 1.78. The van der Waals surface area contributed by atoms with Crippen molar-refractivity contribution in [2.45, 2.75) is 13.0 Å². The van der Waals surface area contributed by atoms with Crippen LogP contribution in [0.15, 0.2) is 88.6 Å². The van der Waals surface area contributed by atoms with Crippen molar-refractivity contribution in [2.75, 3.05) is 0 Å². The Hall–Kier alpha value is -3.93. The van der Waals surface area contributed by atoms with Gasteiger partial charge in [-0.15, -0.1) is 0 Å². The van der Waals surface area contributed by atoms with Crippen LogP contribution >= 0.6 is 0 Å². The van der Waals surface area contributed by atoms with Crippen molar-refractivity contribution < 1.29 is 5.11 Å². The highest BCUT2D eigenvalue weighted by Crippen LogP contribution is 2.28. The molecule has 6 nitrogen and oxygen atoms in total. The lowest BCUT2D eigenvalue weighted by molar-refractivity contribution is 0.474. The van der Waals surface area contributed by atoms with Gasteiger partial charge in [0.2, 0.25) is 0 Å². The molecule has 2 heterocycles. The fourth-order valence-electron chi connectivity index (χ4n) is 3.57. The van der Waals surface area contributed by atoms with Gasteiger partial charge < -0.3 is 5.11 Å². The van der Waals surface area contributed by atoms with E-state index in [0.29, 0.717) is 5.69 Å². The lowest BCUT2D eigenvalue weighted by atomic mass is 9.98. The fourth-order valence-corrected chi connectivity index (χ4v) is 3.57. The van der Waals surface area contributed by atoms with Gasteiger partial charge >= 0.3 is 5.69 Å². The second-order valence-corrected chi connectivity index (χ2v) is 7.14. The molecule has 0 bridgehead atoms. The largest absolute Gasteiger partial charge is 0.506 e. The summed E-state index contributed by atoms with van der Waals surface area (Å²) < 4.78 is 2.57. The first-order valence-electron chi connectivity index (χ1n) is 9.56. The van der Waals surface area contributed by atoms with Crippen LogP contribution in [0.5, 0.6) is 5.75 Å². The molecule has 0 atom stereocenters. The quantitative estimate of drug-likeness (QED) is 0.571. The van der Waals surface area contributed by atoms with Gasteiger partial charge in [0.25, 0.3) is 5.56 Å². The van der Waals surface area contributed by atoms with E-state index in [4.69, 9.17) is 0 Å². The van der Waals surface area contributed by atoms with Gasteiger partial charge in [-0.05, 0) is 30.2 Å². The van der Waals surface area contributed by atoms with Crippen molar-refractivity contribution in [3.05, 3.63) is 117 Å². The lowest BCUT2D eigenvalue weighted by Crippen LogP contribution is -2.40. The molecule has 0 unspecified atom stereocenters. The minimum atomic E-state index is -0.510. The monoisotopic (exact) mass is 399 g/mol. The smallest absolute Gasteiger partial charge is 0.331 e. The second kappa shape index (κ2) is 7.83. The SMILES string of the molecule is Cc1ccc(O)c(-c2cn(C(c3ccccc3)c3ccccc3)c(=O)n(C)c2=O)n1. The summed E-state index contributed by atoms with van der Waals surface area (Å²) >= 11 is 0. The van der Waals surface area contributed by atoms with Crippen molar-refractivity contribution in [3.63, 3.8) is 0 Å². The van der Waals surface area contributed by atoms with Gasteiger partial charge in [0.15, 0.2) is 0 Å². The normalized spacial score (nSPS) is 11.0. The molecule has 0 amide bonds. The maximum Gasteiger partial charge on any atom is 0.331 e. The molecule has 0 fully saturated rings. The Morgan fingerprint density at radius 3 is 2.00 bits per heavy atom. The molecular formula is C24H21N3O3. The Morgan fingerprint density at radius 1 is 0.867 bits per heavy atom. The molecule has 0 aliphatic heterocycles. The Balaban J connectivity index is 2.04. The average Bonchev–Trinajstić information content (AvgIpc) is 2.77. The number of aryl methyl sites for hydroxylation is 1. The van der Waals surface area contributed by atoms with Crippen LogP contribution in [0.2, 0.25) is 0 Å². The number of aromatic nitrogens is 3. The van der Waals surface area contributed by atoms with Crippen LogP contribution in [-0.2, 0) is 7.05 Å². The first-order chi connectivity index (χ1) is 14.5. The van der Waals surface area contributed by atoms with Crippen LogP contribution in [0, 0.1) is 6.92 Å². The maximum atomic E-state index is 13.2. The number of aromatic hydroxyl groups is 1. The first kappa shape index (κ1) is 19.4. The van der Waals surface area contributed by atoms with Crippen LogP contribution < -0.4 is 11.2 Å². The summed E-state index contributed by atoms with van der Waals surface area (Å²) in [5.74, 6) is -0.112. The molecule has 30 heavy (non-hydrogen) atoms. The van der Waals surface area contributed by atoms with Crippen molar-refractivity contribution in [3.8, 4) is 17.0 Å². The van der Waals surface area contributed by atoms with Gasteiger partial charge in [-0.2, -0.15) is 0 Å². The number of pyridine rings is 1. The molecule has 4 aromatic rings. The Labute approximate surface area is 173 Å². The van der Waals surface area contributed by atoms with Crippen molar-refractivity contribution in [2.24, 2.45) is 7.05 Å². The molecule has 0 saturated carbocycles. The van der Waals surface area contributed by atoms with Crippen molar-refractivity contribution in [1.29, 1.82) is 0 Å². The summed E-state index contributed by atoms with van der Waals surface area (Å²) in [4.78, 5) is 30.4. The van der Waals surface area contributed by atoms with Gasteiger partial charge in [-0.1, -0.05) is 60.7 Å². The second-order valence-electron chi connectivity index (χ2n) is 7.14. The number of rotatable bonds is 4. The number of hydrogen-bond acceptors (Lipinski definition) is 4. The van der Waals surface area contributed by atoms with E-state index in [9.17, 15) is 14.7 Å². The molecule has 0 radical (unpaired) electrons. The van der Waals surface area contributed by atoms with Crippen molar-refractivity contribution in [1.82, 2.24) is 14.1 Å². The van der Waals surface area contributed by atoms with Gasteiger partial charge in [-0.25, -0.2) is 9.78 Å². The minimum Gasteiger partial charge on any atom is -0.506 e. The fraction of sp³-hybridized carbons (Fsp3) is 0.125. The Morgan fingerprint density at radius 2 is 1.43 bits per heavy atom. The molecule has 4 rings (SSSR count). The number of benzene rings is 2. The van der Waals surface area contributed by atoms with Crippen LogP contribution in [0.4, 0.5) is 0 Å². The summed E-state index contributed by atoms with van der Waals surface area (Å²) in [5.41, 5.74) is 1.82. The zero-order valence-electron chi connectivity index (χ0n) is 16.7. The predicted molar refractivity (Wildman–Crippen MR) is 116 cm³/mol. The zero-order valence-corrected chi connectivity index (χ0v) is 16.7. The van der Waals surface area contributed by atoms with E-state index < -0.39 is 17.3 Å². The lowest BCUT2D eigenvalue weighted by Gasteiger charge is -2.22. The minimum absolute atomic E-state index is 0.112. The zero-order chi connectivity index (χ0) is 21.3. The molecule has 0 spiro atoms. The Bertz CT molecular complexity index is 1270. The van der Waals surface area contributed by atoms with Crippen LogP contribution in [0.25, 0.3) is 11.3 Å². The summed E-state index contributed by atoms with van der Waals surface area (Å²) in [6, 6.07) is 21.9. The topological polar surface area (TPSA) is 77.1 Å². The molecule has 0 saturated heterocycles. The molecular weight excluding hydrogens is 378 g/mol. The van der Waals surface area contributed by atoms with E-state index in [2.05, 4.69) is 4.98 Å². The third kappa shape index (κ3) is 3.43. The molecule has 1 N–H and O–H groups in total. The summed E-state index contributed by atoms with van der Waals surface area (Å²) in [6.07, 6.45) is 1.50. The highest BCUT2D eigenvalue weighted by atomic mass is 16.3. The standard InChI is InChI=1S/C24H21N3O3/c1-16-13-14-20(28)21(25-16)19-15-27(24(30)26(2)23(19)29)22(17-9-5-3-6-10-17)18-11-7-4-8-12-18/h3-15,22,28H,1-2H3.